The number of hydrogen-bond donors (Lipinski definition) is 0. The number of sulfonamides is 1. The highest BCUT2D eigenvalue weighted by Crippen LogP contribution is 2.30. The summed E-state index contributed by atoms with van der Waals surface area (Å²) >= 11 is 4.52. The number of nitrogens with zero attached hydrogens (tertiary/aromatic N) is 1. The lowest BCUT2D eigenvalue weighted by Gasteiger charge is -2.35. The molecule has 4 nitrogen and oxygen atoms in total. The summed E-state index contributed by atoms with van der Waals surface area (Å²) in [6.45, 7) is 4.62. The Morgan fingerprint density at radius 3 is 2.76 bits per heavy atom. The van der Waals surface area contributed by atoms with E-state index < -0.39 is 10.0 Å². The van der Waals surface area contributed by atoms with Crippen LogP contribution >= 0.6 is 27.3 Å². The summed E-state index contributed by atoms with van der Waals surface area (Å²) in [6.07, 6.45) is -0.0515. The molecule has 0 radical (unpaired) electrons. The van der Waals surface area contributed by atoms with Gasteiger partial charge in [0.15, 0.2) is 0 Å². The van der Waals surface area contributed by atoms with Crippen LogP contribution in [-0.4, -0.2) is 38.0 Å². The maximum atomic E-state index is 12.4. The van der Waals surface area contributed by atoms with Crippen molar-refractivity contribution >= 4 is 37.3 Å². The molecule has 1 aliphatic rings. The first-order valence-corrected chi connectivity index (χ1v) is 8.35. The van der Waals surface area contributed by atoms with Crippen molar-refractivity contribution in [3.8, 4) is 0 Å². The zero-order chi connectivity index (χ0) is 12.6. The maximum absolute atomic E-state index is 12.4. The summed E-state index contributed by atoms with van der Waals surface area (Å²) in [4.78, 5) is 0. The second-order valence-electron chi connectivity index (χ2n) is 4.13. The molecule has 1 saturated heterocycles. The van der Waals surface area contributed by atoms with Gasteiger partial charge >= 0.3 is 0 Å². The van der Waals surface area contributed by atoms with Gasteiger partial charge in [0.05, 0.1) is 16.5 Å². The fourth-order valence-corrected chi connectivity index (χ4v) is 5.59. The average molecular weight is 340 g/mol. The van der Waals surface area contributed by atoms with E-state index in [0.717, 1.165) is 3.79 Å². The highest BCUT2D eigenvalue weighted by atomic mass is 79.9. The summed E-state index contributed by atoms with van der Waals surface area (Å²) in [5.41, 5.74) is 0. The van der Waals surface area contributed by atoms with Crippen LogP contribution in [0.5, 0.6) is 0 Å². The van der Waals surface area contributed by atoms with E-state index in [9.17, 15) is 8.42 Å². The standard InChI is InChI=1S/C10H14BrNO3S2/c1-7-6-15-8(2)5-12(7)17(13,14)10-4-3-9(11)16-10/h3-4,7-8H,5-6H2,1-2H3. The van der Waals surface area contributed by atoms with Crippen LogP contribution in [0.2, 0.25) is 0 Å². The fourth-order valence-electron chi connectivity index (χ4n) is 1.76. The van der Waals surface area contributed by atoms with Gasteiger partial charge in [-0.25, -0.2) is 8.42 Å². The Labute approximate surface area is 114 Å². The maximum Gasteiger partial charge on any atom is 0.253 e. The van der Waals surface area contributed by atoms with Crippen LogP contribution in [0.15, 0.2) is 20.1 Å². The molecule has 0 aromatic carbocycles. The predicted molar refractivity (Wildman–Crippen MR) is 70.8 cm³/mol. The van der Waals surface area contributed by atoms with Crippen LogP contribution in [0.3, 0.4) is 0 Å². The Balaban J connectivity index is 2.31. The van der Waals surface area contributed by atoms with Gasteiger partial charge in [-0.2, -0.15) is 4.31 Å². The molecule has 0 saturated carbocycles. The van der Waals surface area contributed by atoms with Crippen molar-refractivity contribution in [2.24, 2.45) is 0 Å². The van der Waals surface area contributed by atoms with Crippen molar-refractivity contribution in [2.45, 2.75) is 30.2 Å². The smallest absolute Gasteiger partial charge is 0.253 e. The molecule has 1 fully saturated rings. The van der Waals surface area contributed by atoms with Crippen LogP contribution in [0.25, 0.3) is 0 Å². The minimum Gasteiger partial charge on any atom is -0.375 e. The molecule has 0 spiro atoms. The van der Waals surface area contributed by atoms with Crippen LogP contribution in [0, 0.1) is 0 Å². The topological polar surface area (TPSA) is 46.6 Å². The first kappa shape index (κ1) is 13.5. The molecule has 1 aromatic rings. The monoisotopic (exact) mass is 339 g/mol. The molecule has 0 aliphatic carbocycles. The second-order valence-corrected chi connectivity index (χ2v) is 8.71. The summed E-state index contributed by atoms with van der Waals surface area (Å²) in [6, 6.07) is 3.28. The summed E-state index contributed by atoms with van der Waals surface area (Å²) in [7, 11) is -3.38. The molecule has 2 rings (SSSR count). The predicted octanol–water partition coefficient (Wildman–Crippen LogP) is 2.31. The second kappa shape index (κ2) is 4.97. The van der Waals surface area contributed by atoms with Crippen molar-refractivity contribution in [1.82, 2.24) is 4.31 Å². The van der Waals surface area contributed by atoms with Crippen molar-refractivity contribution in [3.05, 3.63) is 15.9 Å². The molecule has 0 bridgehead atoms. The third-order valence-electron chi connectivity index (χ3n) is 2.66. The highest BCUT2D eigenvalue weighted by Gasteiger charge is 2.34. The SMILES string of the molecule is CC1CN(S(=O)(=O)c2ccc(Br)s2)C(C)CO1. The number of morpholine rings is 1. The summed E-state index contributed by atoms with van der Waals surface area (Å²) in [5, 5.41) is 0. The molecular formula is C10H14BrNO3S2. The molecule has 17 heavy (non-hydrogen) atoms. The molecule has 2 heterocycles. The van der Waals surface area contributed by atoms with E-state index in [4.69, 9.17) is 4.74 Å². The molecule has 1 aliphatic heterocycles. The lowest BCUT2D eigenvalue weighted by atomic mass is 10.2. The lowest BCUT2D eigenvalue weighted by molar-refractivity contribution is -0.0170. The number of hydrogen-bond acceptors (Lipinski definition) is 4. The molecule has 2 atom stereocenters. The van der Waals surface area contributed by atoms with E-state index >= 15 is 0 Å². The van der Waals surface area contributed by atoms with Gasteiger partial charge in [0.2, 0.25) is 0 Å². The number of thiophene rings is 1. The third kappa shape index (κ3) is 2.73. The minimum absolute atomic E-state index is 0.0515. The zero-order valence-electron chi connectivity index (χ0n) is 9.59. The molecule has 0 amide bonds. The molecule has 7 heteroatoms. The van der Waals surface area contributed by atoms with Gasteiger partial charge in [-0.3, -0.25) is 0 Å². The van der Waals surface area contributed by atoms with Crippen molar-refractivity contribution in [2.75, 3.05) is 13.2 Å². The number of halogens is 1. The number of ether oxygens (including phenoxy) is 1. The fraction of sp³-hybridized carbons (Fsp3) is 0.600. The first-order chi connectivity index (χ1) is 7.91. The minimum atomic E-state index is -3.38. The van der Waals surface area contributed by atoms with E-state index in [1.54, 1.807) is 12.1 Å². The van der Waals surface area contributed by atoms with Crippen LogP contribution in [0.4, 0.5) is 0 Å². The van der Waals surface area contributed by atoms with Gasteiger partial charge in [-0.05, 0) is 41.9 Å². The molecule has 1 aromatic heterocycles. The van der Waals surface area contributed by atoms with Gasteiger partial charge in [-0.1, -0.05) is 0 Å². The van der Waals surface area contributed by atoms with Gasteiger partial charge in [0, 0.05) is 12.6 Å². The van der Waals surface area contributed by atoms with E-state index in [1.807, 2.05) is 13.8 Å². The Bertz CT molecular complexity index is 499. The molecule has 2 unspecified atom stereocenters. The Morgan fingerprint density at radius 1 is 1.47 bits per heavy atom. The Hall–Kier alpha value is 0.0500. The van der Waals surface area contributed by atoms with Crippen LogP contribution in [0.1, 0.15) is 13.8 Å². The first-order valence-electron chi connectivity index (χ1n) is 5.30. The van der Waals surface area contributed by atoms with Crippen molar-refractivity contribution in [3.63, 3.8) is 0 Å². The van der Waals surface area contributed by atoms with E-state index in [2.05, 4.69) is 15.9 Å². The van der Waals surface area contributed by atoms with Crippen LogP contribution in [-0.2, 0) is 14.8 Å². The van der Waals surface area contributed by atoms with E-state index in [0.29, 0.717) is 17.4 Å². The quantitative estimate of drug-likeness (QED) is 0.830. The van der Waals surface area contributed by atoms with Gasteiger partial charge in [0.1, 0.15) is 4.21 Å². The average Bonchev–Trinajstić information content (AvgIpc) is 2.69. The molecular weight excluding hydrogens is 326 g/mol. The number of rotatable bonds is 2. The third-order valence-corrected chi connectivity index (χ3v) is 6.73. The largest absolute Gasteiger partial charge is 0.375 e. The molecule has 96 valence electrons. The van der Waals surface area contributed by atoms with Crippen molar-refractivity contribution < 1.29 is 13.2 Å². The molecule has 0 N–H and O–H groups in total. The Morgan fingerprint density at radius 2 is 2.18 bits per heavy atom. The van der Waals surface area contributed by atoms with Gasteiger partial charge < -0.3 is 4.74 Å². The zero-order valence-corrected chi connectivity index (χ0v) is 12.8. The summed E-state index contributed by atoms with van der Waals surface area (Å²) in [5.74, 6) is 0. The van der Waals surface area contributed by atoms with Gasteiger partial charge in [0.25, 0.3) is 10.0 Å². The van der Waals surface area contributed by atoms with E-state index in [1.165, 1.54) is 15.6 Å². The van der Waals surface area contributed by atoms with Gasteiger partial charge in [-0.15, -0.1) is 11.3 Å². The van der Waals surface area contributed by atoms with E-state index in [-0.39, 0.29) is 12.1 Å². The Kier molecular flexibility index (Phi) is 3.94. The lowest BCUT2D eigenvalue weighted by Crippen LogP contribution is -2.49. The van der Waals surface area contributed by atoms with Crippen molar-refractivity contribution in [1.29, 1.82) is 0 Å². The van der Waals surface area contributed by atoms with Crippen LogP contribution < -0.4 is 0 Å². The highest BCUT2D eigenvalue weighted by molar-refractivity contribution is 9.11. The summed E-state index contributed by atoms with van der Waals surface area (Å²) < 4.78 is 33.0. The normalized spacial score (nSPS) is 27.2.